The molecule has 0 fully saturated rings. The van der Waals surface area contributed by atoms with Gasteiger partial charge in [-0.05, 0) is 23.3 Å². The smallest absolute Gasteiger partial charge is 0.0842 e. The lowest BCUT2D eigenvalue weighted by molar-refractivity contribution is 1.43. The summed E-state index contributed by atoms with van der Waals surface area (Å²) in [5.41, 5.74) is 4.97. The molecule has 0 radical (unpaired) electrons. The molecule has 24 heavy (non-hydrogen) atoms. The predicted molar refractivity (Wildman–Crippen MR) is 115 cm³/mol. The molecule has 0 saturated carbocycles. The molecule has 2 aromatic rings. The standard InChI is InChI=1S/2C8H7NS.2C2H6/c2*10-8-5-6-3-1-2-4-7(6)9-8;2*1-2/h2*1-4H,5H2,(H,9,10);2*1-2H3. The average molecular weight is 359 g/mol. The van der Waals surface area contributed by atoms with Gasteiger partial charge >= 0.3 is 0 Å². The van der Waals surface area contributed by atoms with Gasteiger partial charge in [0, 0.05) is 24.2 Å². The maximum absolute atomic E-state index is 5.01. The van der Waals surface area contributed by atoms with Crippen LogP contribution in [-0.4, -0.2) is 9.98 Å². The number of hydrogen-bond acceptors (Lipinski definition) is 2. The van der Waals surface area contributed by atoms with Crippen LogP contribution < -0.4 is 10.6 Å². The zero-order valence-electron chi connectivity index (χ0n) is 14.8. The number of benzene rings is 2. The molecule has 0 bridgehead atoms. The Hall–Kier alpha value is -1.78. The number of thiocarbonyl (C=S) groups is 2. The summed E-state index contributed by atoms with van der Waals surface area (Å²) in [6.07, 6.45) is 1.82. The monoisotopic (exact) mass is 358 g/mol. The Labute approximate surface area is 156 Å². The predicted octanol–water partition coefficient (Wildman–Crippen LogP) is 6.02. The Balaban J connectivity index is 0.000000199. The van der Waals surface area contributed by atoms with Gasteiger partial charge in [-0.3, -0.25) is 0 Å². The lowest BCUT2D eigenvalue weighted by Crippen LogP contribution is -2.00. The van der Waals surface area contributed by atoms with Crippen molar-refractivity contribution in [2.75, 3.05) is 10.6 Å². The van der Waals surface area contributed by atoms with Crippen molar-refractivity contribution in [2.24, 2.45) is 0 Å². The van der Waals surface area contributed by atoms with Crippen LogP contribution in [0.2, 0.25) is 0 Å². The van der Waals surface area contributed by atoms with E-state index in [0.717, 1.165) is 22.8 Å². The van der Waals surface area contributed by atoms with Crippen molar-refractivity contribution in [2.45, 2.75) is 40.5 Å². The second kappa shape index (κ2) is 10.9. The van der Waals surface area contributed by atoms with Crippen LogP contribution in [0.1, 0.15) is 38.8 Å². The summed E-state index contributed by atoms with van der Waals surface area (Å²) in [5.74, 6) is 0. The molecule has 128 valence electrons. The summed E-state index contributed by atoms with van der Waals surface area (Å²) >= 11 is 10.0. The molecule has 4 rings (SSSR count). The van der Waals surface area contributed by atoms with Crippen LogP contribution in [0.3, 0.4) is 0 Å². The Bertz CT molecular complexity index is 567. The van der Waals surface area contributed by atoms with E-state index in [4.69, 9.17) is 24.4 Å². The van der Waals surface area contributed by atoms with E-state index in [9.17, 15) is 0 Å². The van der Waals surface area contributed by atoms with Gasteiger partial charge in [-0.1, -0.05) is 88.5 Å². The van der Waals surface area contributed by atoms with Crippen molar-refractivity contribution in [1.82, 2.24) is 0 Å². The summed E-state index contributed by atoms with van der Waals surface area (Å²) in [6, 6.07) is 16.4. The van der Waals surface area contributed by atoms with Crippen molar-refractivity contribution >= 4 is 45.8 Å². The van der Waals surface area contributed by atoms with E-state index in [0.29, 0.717) is 0 Å². The normalized spacial score (nSPS) is 12.7. The van der Waals surface area contributed by atoms with E-state index in [2.05, 4.69) is 34.9 Å². The quantitative estimate of drug-likeness (QED) is 0.563. The van der Waals surface area contributed by atoms with E-state index < -0.39 is 0 Å². The highest BCUT2D eigenvalue weighted by Crippen LogP contribution is 2.22. The minimum absolute atomic E-state index is 0.908. The molecule has 0 aliphatic carbocycles. The van der Waals surface area contributed by atoms with E-state index >= 15 is 0 Å². The molecule has 0 unspecified atom stereocenters. The van der Waals surface area contributed by atoms with Crippen LogP contribution in [0.4, 0.5) is 11.4 Å². The van der Waals surface area contributed by atoms with Gasteiger partial charge in [0.2, 0.25) is 0 Å². The highest BCUT2D eigenvalue weighted by molar-refractivity contribution is 7.80. The molecule has 2 heterocycles. The third-order valence-corrected chi connectivity index (χ3v) is 3.78. The number of rotatable bonds is 0. The van der Waals surface area contributed by atoms with Gasteiger partial charge in [0.05, 0.1) is 9.98 Å². The van der Waals surface area contributed by atoms with Gasteiger partial charge in [0.15, 0.2) is 0 Å². The molecule has 4 heteroatoms. The lowest BCUT2D eigenvalue weighted by atomic mass is 10.2. The largest absolute Gasteiger partial charge is 0.350 e. The molecule has 2 aliphatic rings. The molecule has 0 saturated heterocycles. The first-order chi connectivity index (χ1) is 11.7. The minimum atomic E-state index is 0.908. The van der Waals surface area contributed by atoms with Gasteiger partial charge in [0.1, 0.15) is 0 Å². The van der Waals surface area contributed by atoms with Crippen LogP contribution in [-0.2, 0) is 12.8 Å². The molecular formula is C20H26N2S2. The summed E-state index contributed by atoms with van der Waals surface area (Å²) in [6.45, 7) is 8.00. The van der Waals surface area contributed by atoms with Crippen LogP contribution >= 0.6 is 24.4 Å². The molecule has 0 aromatic heterocycles. The minimum Gasteiger partial charge on any atom is -0.350 e. The van der Waals surface area contributed by atoms with Crippen molar-refractivity contribution < 1.29 is 0 Å². The summed E-state index contributed by atoms with van der Waals surface area (Å²) < 4.78 is 0. The third-order valence-electron chi connectivity index (χ3n) is 3.28. The maximum atomic E-state index is 5.01. The molecule has 0 atom stereocenters. The van der Waals surface area contributed by atoms with Gasteiger partial charge < -0.3 is 10.6 Å². The molecule has 0 spiro atoms. The van der Waals surface area contributed by atoms with Crippen LogP contribution in [0, 0.1) is 0 Å². The second-order valence-corrected chi connectivity index (χ2v) is 5.75. The van der Waals surface area contributed by atoms with Gasteiger partial charge in [-0.25, -0.2) is 0 Å². The van der Waals surface area contributed by atoms with Crippen molar-refractivity contribution in [3.63, 3.8) is 0 Å². The molecule has 2 N–H and O–H groups in total. The highest BCUT2D eigenvalue weighted by Gasteiger charge is 2.12. The fraction of sp³-hybridized carbons (Fsp3) is 0.300. The average Bonchev–Trinajstić information content (AvgIpc) is 3.19. The van der Waals surface area contributed by atoms with E-state index in [-0.39, 0.29) is 0 Å². The number of para-hydroxylation sites is 2. The first kappa shape index (κ1) is 20.3. The molecular weight excluding hydrogens is 332 g/mol. The fourth-order valence-corrected chi connectivity index (χ4v) is 2.86. The Morgan fingerprint density at radius 2 is 0.958 bits per heavy atom. The zero-order chi connectivity index (χ0) is 17.9. The van der Waals surface area contributed by atoms with Crippen LogP contribution in [0.15, 0.2) is 48.5 Å². The third kappa shape index (κ3) is 5.69. The van der Waals surface area contributed by atoms with Crippen molar-refractivity contribution in [1.29, 1.82) is 0 Å². The van der Waals surface area contributed by atoms with E-state index in [1.54, 1.807) is 0 Å². The first-order valence-electron chi connectivity index (χ1n) is 8.48. The Morgan fingerprint density at radius 1 is 0.625 bits per heavy atom. The molecule has 0 amide bonds. The van der Waals surface area contributed by atoms with Gasteiger partial charge in [-0.2, -0.15) is 0 Å². The number of fused-ring (bicyclic) bond motifs is 2. The lowest BCUT2D eigenvalue weighted by Gasteiger charge is -1.94. The Kier molecular flexibility index (Phi) is 9.20. The molecule has 2 nitrogen and oxygen atoms in total. The fourth-order valence-electron chi connectivity index (χ4n) is 2.33. The number of nitrogens with one attached hydrogen (secondary N) is 2. The maximum Gasteiger partial charge on any atom is 0.0842 e. The first-order valence-corrected chi connectivity index (χ1v) is 9.29. The van der Waals surface area contributed by atoms with Crippen molar-refractivity contribution in [3.05, 3.63) is 59.7 Å². The number of hydrogen-bond donors (Lipinski definition) is 2. The highest BCUT2D eigenvalue weighted by atomic mass is 32.1. The van der Waals surface area contributed by atoms with Gasteiger partial charge in [0.25, 0.3) is 0 Å². The van der Waals surface area contributed by atoms with Gasteiger partial charge in [-0.15, -0.1) is 0 Å². The van der Waals surface area contributed by atoms with Crippen LogP contribution in [0.5, 0.6) is 0 Å². The zero-order valence-corrected chi connectivity index (χ0v) is 16.5. The van der Waals surface area contributed by atoms with E-state index in [1.807, 2.05) is 52.0 Å². The summed E-state index contributed by atoms with van der Waals surface area (Å²) in [5, 5.41) is 6.26. The summed E-state index contributed by atoms with van der Waals surface area (Å²) in [4.78, 5) is 1.86. The summed E-state index contributed by atoms with van der Waals surface area (Å²) in [7, 11) is 0. The Morgan fingerprint density at radius 3 is 1.29 bits per heavy atom. The van der Waals surface area contributed by atoms with Crippen molar-refractivity contribution in [3.8, 4) is 0 Å². The number of anilines is 2. The van der Waals surface area contributed by atoms with E-state index in [1.165, 1.54) is 22.5 Å². The topological polar surface area (TPSA) is 24.1 Å². The molecule has 2 aliphatic heterocycles. The second-order valence-electron chi connectivity index (χ2n) is 4.76. The SMILES string of the molecule is CC.CC.S=C1Cc2ccccc2N1.S=C1Cc2ccccc2N1. The van der Waals surface area contributed by atoms with Crippen LogP contribution in [0.25, 0.3) is 0 Å². The molecule has 2 aromatic carbocycles.